The summed E-state index contributed by atoms with van der Waals surface area (Å²) in [5, 5.41) is 0. The fourth-order valence-corrected chi connectivity index (χ4v) is 3.88. The molecule has 0 fully saturated rings. The van der Waals surface area contributed by atoms with Gasteiger partial charge in [0.2, 0.25) is 17.6 Å². The van der Waals surface area contributed by atoms with Crippen LogP contribution in [-0.4, -0.2) is 21.3 Å². The summed E-state index contributed by atoms with van der Waals surface area (Å²) in [6.07, 6.45) is 8.21. The highest BCUT2D eigenvalue weighted by Crippen LogP contribution is 2.28. The summed E-state index contributed by atoms with van der Waals surface area (Å²) in [5.74, 6) is 2.51. The Balaban J connectivity index is 1.67. The van der Waals surface area contributed by atoms with E-state index in [1.807, 2.05) is 30.5 Å². The molecular weight excluding hydrogens is 400 g/mol. The molecule has 0 aliphatic heterocycles. The maximum Gasteiger partial charge on any atom is 0.217 e. The summed E-state index contributed by atoms with van der Waals surface area (Å²) < 4.78 is 20.6. The highest BCUT2D eigenvalue weighted by Gasteiger charge is 2.18. The van der Waals surface area contributed by atoms with Crippen LogP contribution in [0.4, 0.5) is 0 Å². The van der Waals surface area contributed by atoms with Gasteiger partial charge in [-0.05, 0) is 43.7 Å². The maximum atomic E-state index is 5.74. The Hall–Kier alpha value is -3.86. The SMILES string of the molecule is COc1ccc(-[n+]2ccc(-c3cc[n+](-c4ccc(OC)cc4C)cc3OC)cc2)c(C)c1. The van der Waals surface area contributed by atoms with Crippen LogP contribution in [0.25, 0.3) is 22.5 Å². The van der Waals surface area contributed by atoms with Gasteiger partial charge in [0.15, 0.2) is 24.3 Å². The van der Waals surface area contributed by atoms with Crippen molar-refractivity contribution in [3.05, 3.63) is 90.5 Å². The molecule has 0 bridgehead atoms. The van der Waals surface area contributed by atoms with E-state index < -0.39 is 0 Å². The zero-order valence-corrected chi connectivity index (χ0v) is 19.1. The van der Waals surface area contributed by atoms with Crippen molar-refractivity contribution in [3.63, 3.8) is 0 Å². The molecule has 2 heterocycles. The molecule has 32 heavy (non-hydrogen) atoms. The van der Waals surface area contributed by atoms with Crippen LogP contribution < -0.4 is 23.3 Å². The van der Waals surface area contributed by atoms with E-state index in [1.54, 1.807) is 21.3 Å². The van der Waals surface area contributed by atoms with Gasteiger partial charge >= 0.3 is 0 Å². The van der Waals surface area contributed by atoms with Gasteiger partial charge in [-0.15, -0.1) is 0 Å². The van der Waals surface area contributed by atoms with E-state index in [0.29, 0.717) is 0 Å². The van der Waals surface area contributed by atoms with Gasteiger partial charge in [-0.3, -0.25) is 0 Å². The predicted octanol–water partition coefficient (Wildman–Crippen LogP) is 4.55. The molecule has 0 saturated carbocycles. The van der Waals surface area contributed by atoms with Crippen LogP contribution in [0.1, 0.15) is 11.1 Å². The lowest BCUT2D eigenvalue weighted by Gasteiger charge is -2.09. The van der Waals surface area contributed by atoms with E-state index in [4.69, 9.17) is 14.2 Å². The molecule has 4 aromatic rings. The van der Waals surface area contributed by atoms with Crippen LogP contribution in [0.3, 0.4) is 0 Å². The summed E-state index contributed by atoms with van der Waals surface area (Å²) >= 11 is 0. The zero-order chi connectivity index (χ0) is 22.7. The highest BCUT2D eigenvalue weighted by atomic mass is 16.5. The number of hydrogen-bond acceptors (Lipinski definition) is 3. The van der Waals surface area contributed by atoms with E-state index in [-0.39, 0.29) is 0 Å². The molecule has 0 unspecified atom stereocenters. The predicted molar refractivity (Wildman–Crippen MR) is 124 cm³/mol. The van der Waals surface area contributed by atoms with Crippen LogP contribution in [0.2, 0.25) is 0 Å². The molecule has 0 aliphatic rings. The van der Waals surface area contributed by atoms with Crippen LogP contribution in [0, 0.1) is 13.8 Å². The monoisotopic (exact) mass is 428 g/mol. The number of aryl methyl sites for hydroxylation is 2. The molecule has 2 aromatic heterocycles. The minimum atomic E-state index is 0.807. The average molecular weight is 429 g/mol. The van der Waals surface area contributed by atoms with Gasteiger partial charge in [0, 0.05) is 47.0 Å². The molecule has 0 N–H and O–H groups in total. The second-order valence-electron chi connectivity index (χ2n) is 7.63. The van der Waals surface area contributed by atoms with E-state index in [1.165, 1.54) is 0 Å². The fraction of sp³-hybridized carbons (Fsp3) is 0.185. The number of ether oxygens (including phenoxy) is 3. The van der Waals surface area contributed by atoms with E-state index in [0.717, 1.165) is 50.9 Å². The summed E-state index contributed by atoms with van der Waals surface area (Å²) in [6.45, 7) is 4.15. The van der Waals surface area contributed by atoms with Crippen LogP contribution in [0.15, 0.2) is 79.4 Å². The number of aromatic nitrogens is 2. The Morgan fingerprint density at radius 3 is 1.62 bits per heavy atom. The number of hydrogen-bond donors (Lipinski definition) is 0. The lowest BCUT2D eigenvalue weighted by molar-refractivity contribution is -0.596. The molecule has 0 radical (unpaired) electrons. The van der Waals surface area contributed by atoms with Crippen molar-refractivity contribution < 1.29 is 23.3 Å². The first-order chi connectivity index (χ1) is 15.5. The Bertz CT molecular complexity index is 1250. The van der Waals surface area contributed by atoms with E-state index in [9.17, 15) is 0 Å². The van der Waals surface area contributed by atoms with Crippen molar-refractivity contribution in [2.24, 2.45) is 0 Å². The third-order valence-corrected chi connectivity index (χ3v) is 5.65. The Morgan fingerprint density at radius 2 is 1.12 bits per heavy atom. The summed E-state index contributed by atoms with van der Waals surface area (Å²) in [5.41, 5.74) is 6.59. The standard InChI is InChI=1S/C27H28N2O3/c1-19-16-22(30-3)6-8-25(19)28-13-10-21(11-14-28)24-12-15-29(18-27(24)32-5)26-9-7-23(31-4)17-20(26)2/h6-18H,1-5H3/q+2. The Labute approximate surface area is 189 Å². The lowest BCUT2D eigenvalue weighted by atomic mass is 10.1. The van der Waals surface area contributed by atoms with Crippen LogP contribution >= 0.6 is 0 Å². The quantitative estimate of drug-likeness (QED) is 0.423. The molecule has 162 valence electrons. The Kier molecular flexibility index (Phi) is 6.08. The highest BCUT2D eigenvalue weighted by molar-refractivity contribution is 5.68. The van der Waals surface area contributed by atoms with Gasteiger partial charge in [0.25, 0.3) is 0 Å². The van der Waals surface area contributed by atoms with E-state index in [2.05, 4.69) is 71.9 Å². The molecule has 5 heteroatoms. The second kappa shape index (κ2) is 9.10. The molecule has 5 nitrogen and oxygen atoms in total. The first-order valence-electron chi connectivity index (χ1n) is 10.4. The van der Waals surface area contributed by atoms with Crippen LogP contribution in [-0.2, 0) is 0 Å². The maximum absolute atomic E-state index is 5.74. The topological polar surface area (TPSA) is 35.5 Å². The average Bonchev–Trinajstić information content (AvgIpc) is 2.83. The first kappa shape index (κ1) is 21.4. The third kappa shape index (κ3) is 4.14. The van der Waals surface area contributed by atoms with Gasteiger partial charge < -0.3 is 14.2 Å². The summed E-state index contributed by atoms with van der Waals surface area (Å²) in [4.78, 5) is 0. The minimum Gasteiger partial charge on any atom is -0.497 e. The van der Waals surface area contributed by atoms with Crippen molar-refractivity contribution in [2.75, 3.05) is 21.3 Å². The van der Waals surface area contributed by atoms with Crippen molar-refractivity contribution in [1.82, 2.24) is 0 Å². The number of nitrogens with zero attached hydrogens (tertiary/aromatic N) is 2. The van der Waals surface area contributed by atoms with Gasteiger partial charge in [0.1, 0.15) is 11.5 Å². The second-order valence-corrected chi connectivity index (χ2v) is 7.63. The van der Waals surface area contributed by atoms with Crippen LogP contribution in [0.5, 0.6) is 17.2 Å². The smallest absolute Gasteiger partial charge is 0.217 e. The Morgan fingerprint density at radius 1 is 0.594 bits per heavy atom. The fourth-order valence-electron chi connectivity index (χ4n) is 3.88. The molecule has 0 saturated heterocycles. The minimum absolute atomic E-state index is 0.807. The number of rotatable bonds is 6. The molecular formula is C27H28N2O3+2. The van der Waals surface area contributed by atoms with Crippen molar-refractivity contribution in [2.45, 2.75) is 13.8 Å². The molecule has 0 amide bonds. The number of methoxy groups -OCH3 is 3. The zero-order valence-electron chi connectivity index (χ0n) is 19.1. The first-order valence-corrected chi connectivity index (χ1v) is 10.4. The van der Waals surface area contributed by atoms with Gasteiger partial charge in [0.05, 0.1) is 21.3 Å². The van der Waals surface area contributed by atoms with E-state index >= 15 is 0 Å². The summed E-state index contributed by atoms with van der Waals surface area (Å²) in [7, 11) is 5.07. The molecule has 2 aromatic carbocycles. The molecule has 0 atom stereocenters. The van der Waals surface area contributed by atoms with Crippen molar-refractivity contribution in [1.29, 1.82) is 0 Å². The molecule has 0 spiro atoms. The van der Waals surface area contributed by atoms with Gasteiger partial charge in [-0.1, -0.05) is 0 Å². The van der Waals surface area contributed by atoms with Gasteiger partial charge in [-0.2, -0.15) is 9.13 Å². The third-order valence-electron chi connectivity index (χ3n) is 5.65. The lowest BCUT2D eigenvalue weighted by Crippen LogP contribution is -2.31. The van der Waals surface area contributed by atoms with Crippen molar-refractivity contribution >= 4 is 0 Å². The normalized spacial score (nSPS) is 10.7. The number of benzene rings is 2. The number of pyridine rings is 2. The summed E-state index contributed by atoms with van der Waals surface area (Å²) in [6, 6.07) is 18.4. The van der Waals surface area contributed by atoms with Gasteiger partial charge in [-0.25, -0.2) is 0 Å². The molecule has 0 aliphatic carbocycles. The largest absolute Gasteiger partial charge is 0.497 e. The molecule has 4 rings (SSSR count). The van der Waals surface area contributed by atoms with Crippen molar-refractivity contribution in [3.8, 4) is 39.8 Å².